The van der Waals surface area contributed by atoms with E-state index in [0.717, 1.165) is 38.6 Å². The van der Waals surface area contributed by atoms with Crippen molar-refractivity contribution in [3.8, 4) is 11.1 Å². The quantitative estimate of drug-likeness (QED) is 0.453. The molecule has 146 valence electrons. The number of hydrogen-bond donors (Lipinski definition) is 0. The standard InChI is InChI=1S/C25H22O4/c1-15(2)24(27)29-25(4)21-10-6-8-18-7-5-9-20(23(18)21)19-12-11-17(13-22(19)25)14-28-16(3)26/h5-13H,1,14H2,2-4H3. The van der Waals surface area contributed by atoms with Crippen LogP contribution in [-0.2, 0) is 31.3 Å². The summed E-state index contributed by atoms with van der Waals surface area (Å²) in [5, 5.41) is 2.17. The predicted molar refractivity (Wildman–Crippen MR) is 112 cm³/mol. The Labute approximate surface area is 169 Å². The Kier molecular flexibility index (Phi) is 4.50. The SMILES string of the molecule is C=C(C)C(=O)OC1(C)c2cc(COC(C)=O)ccc2-c2cccc3cccc1c23. The van der Waals surface area contributed by atoms with Gasteiger partial charge in [0.2, 0.25) is 0 Å². The number of rotatable bonds is 4. The van der Waals surface area contributed by atoms with Crippen molar-refractivity contribution in [2.24, 2.45) is 0 Å². The van der Waals surface area contributed by atoms with E-state index in [1.165, 1.54) is 6.92 Å². The van der Waals surface area contributed by atoms with Crippen LogP contribution in [0.4, 0.5) is 0 Å². The smallest absolute Gasteiger partial charge is 0.334 e. The summed E-state index contributed by atoms with van der Waals surface area (Å²) in [6.07, 6.45) is 0. The lowest BCUT2D eigenvalue weighted by Gasteiger charge is -2.37. The van der Waals surface area contributed by atoms with Gasteiger partial charge in [-0.05, 0) is 47.4 Å². The van der Waals surface area contributed by atoms with Crippen molar-refractivity contribution in [3.05, 3.63) is 83.4 Å². The number of carbonyl (C=O) groups is 2. The van der Waals surface area contributed by atoms with E-state index in [4.69, 9.17) is 9.47 Å². The second-order valence-corrected chi connectivity index (χ2v) is 7.57. The molecule has 0 aromatic heterocycles. The first kappa shape index (κ1) is 18.9. The molecule has 0 bridgehead atoms. The lowest BCUT2D eigenvalue weighted by molar-refractivity contribution is -0.150. The molecule has 0 heterocycles. The molecule has 0 fully saturated rings. The minimum atomic E-state index is -0.995. The molecular formula is C25H22O4. The molecule has 3 aromatic carbocycles. The summed E-state index contributed by atoms with van der Waals surface area (Å²) in [5.74, 6) is -0.783. The molecule has 0 spiro atoms. The third-order valence-corrected chi connectivity index (χ3v) is 5.39. The molecule has 1 atom stereocenters. The third kappa shape index (κ3) is 3.11. The Morgan fingerprint density at radius 3 is 2.38 bits per heavy atom. The highest BCUT2D eigenvalue weighted by atomic mass is 16.6. The highest BCUT2D eigenvalue weighted by molar-refractivity contribution is 6.03. The van der Waals surface area contributed by atoms with Crippen LogP contribution in [0.1, 0.15) is 37.5 Å². The van der Waals surface area contributed by atoms with Crippen LogP contribution in [0, 0.1) is 0 Å². The molecule has 4 heteroatoms. The van der Waals surface area contributed by atoms with E-state index in [1.54, 1.807) is 6.92 Å². The Balaban J connectivity index is 1.98. The number of hydrogen-bond acceptors (Lipinski definition) is 4. The van der Waals surface area contributed by atoms with Crippen LogP contribution in [-0.4, -0.2) is 11.9 Å². The van der Waals surface area contributed by atoms with Crippen LogP contribution >= 0.6 is 0 Å². The van der Waals surface area contributed by atoms with Crippen LogP contribution in [0.3, 0.4) is 0 Å². The monoisotopic (exact) mass is 386 g/mol. The zero-order chi connectivity index (χ0) is 20.8. The minimum Gasteiger partial charge on any atom is -0.461 e. The molecular weight excluding hydrogens is 364 g/mol. The maximum Gasteiger partial charge on any atom is 0.334 e. The van der Waals surface area contributed by atoms with E-state index in [9.17, 15) is 9.59 Å². The summed E-state index contributed by atoms with van der Waals surface area (Å²) in [4.78, 5) is 23.8. The van der Waals surface area contributed by atoms with Crippen molar-refractivity contribution < 1.29 is 19.1 Å². The summed E-state index contributed by atoms with van der Waals surface area (Å²) in [6.45, 7) is 8.83. The van der Waals surface area contributed by atoms with Crippen molar-refractivity contribution >= 4 is 22.7 Å². The number of ether oxygens (including phenoxy) is 2. The minimum absolute atomic E-state index is 0.166. The van der Waals surface area contributed by atoms with Crippen molar-refractivity contribution in [3.63, 3.8) is 0 Å². The van der Waals surface area contributed by atoms with Gasteiger partial charge in [-0.15, -0.1) is 0 Å². The van der Waals surface area contributed by atoms with Gasteiger partial charge in [0.1, 0.15) is 6.61 Å². The average Bonchev–Trinajstić information content (AvgIpc) is 2.70. The van der Waals surface area contributed by atoms with Crippen molar-refractivity contribution in [2.45, 2.75) is 33.0 Å². The lowest BCUT2D eigenvalue weighted by Crippen LogP contribution is -2.33. The molecule has 0 saturated carbocycles. The van der Waals surface area contributed by atoms with Crippen LogP contribution in [0.25, 0.3) is 21.9 Å². The molecule has 0 N–H and O–H groups in total. The largest absolute Gasteiger partial charge is 0.461 e. The summed E-state index contributed by atoms with van der Waals surface area (Å²) in [6, 6.07) is 18.1. The zero-order valence-corrected chi connectivity index (χ0v) is 16.7. The summed E-state index contributed by atoms with van der Waals surface area (Å²) >= 11 is 0. The highest BCUT2D eigenvalue weighted by Crippen LogP contribution is 2.49. The van der Waals surface area contributed by atoms with Gasteiger partial charge in [0.25, 0.3) is 0 Å². The maximum atomic E-state index is 12.6. The van der Waals surface area contributed by atoms with Crippen molar-refractivity contribution in [1.29, 1.82) is 0 Å². The molecule has 0 saturated heterocycles. The van der Waals surface area contributed by atoms with E-state index in [-0.39, 0.29) is 12.6 Å². The molecule has 0 radical (unpaired) electrons. The van der Waals surface area contributed by atoms with E-state index in [1.807, 2.05) is 43.3 Å². The first-order valence-electron chi connectivity index (χ1n) is 9.49. The number of fused-ring (bicyclic) bond motifs is 2. The van der Waals surface area contributed by atoms with Crippen molar-refractivity contribution in [2.75, 3.05) is 0 Å². The molecule has 0 aliphatic heterocycles. The lowest BCUT2D eigenvalue weighted by atomic mass is 9.74. The fourth-order valence-electron chi connectivity index (χ4n) is 3.99. The van der Waals surface area contributed by atoms with Crippen LogP contribution in [0.5, 0.6) is 0 Å². The van der Waals surface area contributed by atoms with Gasteiger partial charge in [-0.3, -0.25) is 4.79 Å². The first-order chi connectivity index (χ1) is 13.8. The van der Waals surface area contributed by atoms with E-state index >= 15 is 0 Å². The molecule has 3 aromatic rings. The Hall–Kier alpha value is -3.40. The van der Waals surface area contributed by atoms with Gasteiger partial charge in [-0.25, -0.2) is 4.79 Å². The highest BCUT2D eigenvalue weighted by Gasteiger charge is 2.40. The summed E-state index contributed by atoms with van der Waals surface area (Å²) < 4.78 is 11.2. The van der Waals surface area contributed by atoms with E-state index in [2.05, 4.69) is 24.8 Å². The molecule has 4 nitrogen and oxygen atoms in total. The van der Waals surface area contributed by atoms with E-state index in [0.29, 0.717) is 5.57 Å². The molecule has 1 aliphatic rings. The van der Waals surface area contributed by atoms with Crippen molar-refractivity contribution in [1.82, 2.24) is 0 Å². The molecule has 4 rings (SSSR count). The number of benzene rings is 3. The first-order valence-corrected chi connectivity index (χ1v) is 9.49. The summed E-state index contributed by atoms with van der Waals surface area (Å²) in [5.41, 5.74) is 4.07. The fourth-order valence-corrected chi connectivity index (χ4v) is 3.99. The Bertz CT molecular complexity index is 1170. The maximum absolute atomic E-state index is 12.6. The van der Waals surface area contributed by atoms with Gasteiger partial charge in [0.15, 0.2) is 5.60 Å². The van der Waals surface area contributed by atoms with Gasteiger partial charge < -0.3 is 9.47 Å². The van der Waals surface area contributed by atoms with E-state index < -0.39 is 11.6 Å². The van der Waals surface area contributed by atoms with Gasteiger partial charge in [0.05, 0.1) is 0 Å². The Morgan fingerprint density at radius 2 is 1.69 bits per heavy atom. The second-order valence-electron chi connectivity index (χ2n) is 7.57. The van der Waals surface area contributed by atoms with Crippen LogP contribution in [0.2, 0.25) is 0 Å². The average molecular weight is 386 g/mol. The molecule has 29 heavy (non-hydrogen) atoms. The van der Waals surface area contributed by atoms with Crippen LogP contribution < -0.4 is 0 Å². The molecule has 1 unspecified atom stereocenters. The Morgan fingerprint density at radius 1 is 0.966 bits per heavy atom. The van der Waals surface area contributed by atoms with Gasteiger partial charge in [-0.1, -0.05) is 55.1 Å². The third-order valence-electron chi connectivity index (χ3n) is 5.39. The fraction of sp³-hybridized carbons (Fsp3) is 0.200. The van der Waals surface area contributed by atoms with Gasteiger partial charge >= 0.3 is 11.9 Å². The molecule has 0 amide bonds. The zero-order valence-electron chi connectivity index (χ0n) is 16.7. The normalized spacial score (nSPS) is 16.8. The van der Waals surface area contributed by atoms with Crippen LogP contribution in [0.15, 0.2) is 66.7 Å². The number of esters is 2. The number of carbonyl (C=O) groups excluding carboxylic acids is 2. The topological polar surface area (TPSA) is 52.6 Å². The van der Waals surface area contributed by atoms with Gasteiger partial charge in [-0.2, -0.15) is 0 Å². The predicted octanol–water partition coefficient (Wildman–Crippen LogP) is 5.27. The molecule has 1 aliphatic carbocycles. The van der Waals surface area contributed by atoms with Gasteiger partial charge in [0, 0.05) is 23.6 Å². The second kappa shape index (κ2) is 6.89. The summed E-state index contributed by atoms with van der Waals surface area (Å²) in [7, 11) is 0.